The van der Waals surface area contributed by atoms with Crippen molar-refractivity contribution in [3.05, 3.63) is 69.8 Å². The Kier molecular flexibility index (Phi) is 20.3. The van der Waals surface area contributed by atoms with Gasteiger partial charge in [0.25, 0.3) is 0 Å². The summed E-state index contributed by atoms with van der Waals surface area (Å²) < 4.78 is 3.60. The lowest BCUT2D eigenvalue weighted by Gasteiger charge is -2.36. The third-order valence-electron chi connectivity index (χ3n) is 9.24. The predicted molar refractivity (Wildman–Crippen MR) is 209 cm³/mol. The summed E-state index contributed by atoms with van der Waals surface area (Å²) in [6.07, 6.45) is -2.29. The van der Waals surface area contributed by atoms with Crippen LogP contribution in [0.4, 0.5) is 0 Å². The molecule has 0 heterocycles. The molecular weight excluding hydrogens is 726 g/mol. The maximum Gasteiger partial charge on any atom is 0.334 e. The van der Waals surface area contributed by atoms with Gasteiger partial charge < -0.3 is 60.4 Å². The molecule has 15 heteroatoms. The molecule has 0 fully saturated rings. The van der Waals surface area contributed by atoms with Gasteiger partial charge in [-0.15, -0.1) is 0 Å². The summed E-state index contributed by atoms with van der Waals surface area (Å²) in [7, 11) is -5.22. The van der Waals surface area contributed by atoms with E-state index in [9.17, 15) is 40.9 Å². The molecule has 2 aromatic rings. The molecule has 2 atom stereocenters. The number of rotatable bonds is 12. The number of aliphatic hydroxyl groups excluding tert-OH is 8. The Morgan fingerprint density at radius 3 is 0.849 bits per heavy atom. The maximum absolute atomic E-state index is 10.8. The number of benzene rings is 2. The zero-order valence-electron chi connectivity index (χ0n) is 33.5. The van der Waals surface area contributed by atoms with Gasteiger partial charge in [0.2, 0.25) is 0 Å². The second-order valence-electron chi connectivity index (χ2n) is 17.7. The van der Waals surface area contributed by atoms with Crippen LogP contribution in [-0.4, -0.2) is 100 Å². The SMILES string of the molecule is CC(C)(C)c1ccc(C(O)C(CO)(CO)CO)c(C(C)(C)C)c1.CC(C)(C)c1ccc(C(O)C(CO)(CO)CO)c(C(C)(C)C)c1.OP(O)OP(O)O. The Morgan fingerprint density at radius 2 is 0.698 bits per heavy atom. The fourth-order valence-corrected chi connectivity index (χ4v) is 5.89. The quantitative estimate of drug-likeness (QED) is 0.136. The molecule has 0 aliphatic rings. The van der Waals surface area contributed by atoms with Crippen molar-refractivity contribution >= 4 is 17.2 Å². The zero-order chi connectivity index (χ0) is 42.0. The van der Waals surface area contributed by atoms with Crippen LogP contribution in [0, 0.1) is 10.8 Å². The van der Waals surface area contributed by atoms with Crippen molar-refractivity contribution in [2.24, 2.45) is 10.8 Å². The summed E-state index contributed by atoms with van der Waals surface area (Å²) in [6.45, 7) is 22.2. The van der Waals surface area contributed by atoms with Crippen LogP contribution in [0.2, 0.25) is 0 Å². The topological polar surface area (TPSA) is 252 Å². The molecule has 13 nitrogen and oxygen atoms in total. The van der Waals surface area contributed by atoms with Crippen LogP contribution in [0.3, 0.4) is 0 Å². The Balaban J connectivity index is 0.000000865. The highest BCUT2D eigenvalue weighted by molar-refractivity contribution is 7.53. The van der Waals surface area contributed by atoms with Gasteiger partial charge in [0.1, 0.15) is 0 Å². The van der Waals surface area contributed by atoms with E-state index in [1.165, 1.54) is 0 Å². The van der Waals surface area contributed by atoms with Gasteiger partial charge >= 0.3 is 17.2 Å². The largest absolute Gasteiger partial charge is 0.395 e. The first-order valence-electron chi connectivity index (χ1n) is 17.3. The first-order chi connectivity index (χ1) is 24.0. The molecule has 0 saturated carbocycles. The van der Waals surface area contributed by atoms with Crippen molar-refractivity contribution in [1.29, 1.82) is 0 Å². The monoisotopic (exact) mass is 794 g/mol. The molecule has 0 bridgehead atoms. The van der Waals surface area contributed by atoms with Crippen LogP contribution in [0.5, 0.6) is 0 Å². The molecule has 0 aliphatic heterocycles. The van der Waals surface area contributed by atoms with E-state index in [1.807, 2.05) is 24.3 Å². The van der Waals surface area contributed by atoms with Crippen molar-refractivity contribution in [1.82, 2.24) is 0 Å². The van der Waals surface area contributed by atoms with Crippen LogP contribution >= 0.6 is 17.2 Å². The Labute approximate surface area is 318 Å². The molecule has 53 heavy (non-hydrogen) atoms. The average molecular weight is 795 g/mol. The summed E-state index contributed by atoms with van der Waals surface area (Å²) in [6, 6.07) is 11.8. The molecule has 0 aliphatic carbocycles. The second kappa shape index (κ2) is 20.8. The van der Waals surface area contributed by atoms with Gasteiger partial charge in [-0.1, -0.05) is 119 Å². The minimum atomic E-state index is -2.61. The van der Waals surface area contributed by atoms with Crippen LogP contribution in [0.15, 0.2) is 36.4 Å². The third-order valence-corrected chi connectivity index (χ3v) is 10.4. The van der Waals surface area contributed by atoms with Crippen LogP contribution in [0.25, 0.3) is 0 Å². The lowest BCUT2D eigenvalue weighted by atomic mass is 9.73. The van der Waals surface area contributed by atoms with Gasteiger partial charge in [0, 0.05) is 0 Å². The normalized spacial score (nSPS) is 14.4. The van der Waals surface area contributed by atoms with E-state index in [2.05, 4.69) is 99.5 Å². The van der Waals surface area contributed by atoms with E-state index in [4.69, 9.17) is 19.6 Å². The van der Waals surface area contributed by atoms with E-state index in [1.54, 1.807) is 0 Å². The van der Waals surface area contributed by atoms with Gasteiger partial charge in [-0.05, 0) is 55.0 Å². The van der Waals surface area contributed by atoms with Crippen LogP contribution in [-0.2, 0) is 26.0 Å². The third kappa shape index (κ3) is 14.7. The number of aliphatic hydroxyl groups is 8. The van der Waals surface area contributed by atoms with Gasteiger partial charge in [-0.2, -0.15) is 0 Å². The smallest absolute Gasteiger partial charge is 0.334 e. The highest BCUT2D eigenvalue weighted by atomic mass is 31.2. The number of hydrogen-bond acceptors (Lipinski definition) is 13. The van der Waals surface area contributed by atoms with E-state index in [0.29, 0.717) is 11.1 Å². The van der Waals surface area contributed by atoms with E-state index in [0.717, 1.165) is 22.3 Å². The lowest BCUT2D eigenvalue weighted by Crippen LogP contribution is -2.41. The molecule has 0 amide bonds. The summed E-state index contributed by atoms with van der Waals surface area (Å²) in [5.74, 6) is 0. The summed E-state index contributed by atoms with van der Waals surface area (Å²) in [5.41, 5.74) is 2.30. The minimum absolute atomic E-state index is 0.0223. The molecule has 2 aromatic carbocycles. The first-order valence-corrected chi connectivity index (χ1v) is 19.7. The van der Waals surface area contributed by atoms with Gasteiger partial charge in [0.15, 0.2) is 0 Å². The molecule has 2 unspecified atom stereocenters. The molecule has 2 rings (SSSR count). The van der Waals surface area contributed by atoms with Crippen molar-refractivity contribution in [3.8, 4) is 0 Å². The molecule has 308 valence electrons. The first kappa shape index (κ1) is 51.8. The van der Waals surface area contributed by atoms with Gasteiger partial charge in [-0.25, -0.2) is 4.31 Å². The Bertz CT molecular complexity index is 1250. The molecule has 0 saturated heterocycles. The zero-order valence-corrected chi connectivity index (χ0v) is 35.3. The second-order valence-corrected chi connectivity index (χ2v) is 19.3. The predicted octanol–water partition coefficient (Wildman–Crippen LogP) is 3.98. The highest BCUT2D eigenvalue weighted by Crippen LogP contribution is 2.43. The van der Waals surface area contributed by atoms with Gasteiger partial charge in [0.05, 0.1) is 62.7 Å². The fourth-order valence-electron chi connectivity index (χ4n) is 5.37. The molecule has 0 radical (unpaired) electrons. The van der Waals surface area contributed by atoms with Crippen molar-refractivity contribution in [2.75, 3.05) is 39.6 Å². The molecule has 12 N–H and O–H groups in total. The van der Waals surface area contributed by atoms with Crippen molar-refractivity contribution in [2.45, 2.75) is 117 Å². The fraction of sp³-hybridized carbons (Fsp3) is 0.684. The molecule has 0 aromatic heterocycles. The van der Waals surface area contributed by atoms with E-state index < -0.39 is 79.9 Å². The average Bonchev–Trinajstić information content (AvgIpc) is 3.04. The maximum atomic E-state index is 10.8. The summed E-state index contributed by atoms with van der Waals surface area (Å²) in [5, 5.41) is 79.2. The van der Waals surface area contributed by atoms with Gasteiger partial charge in [-0.3, -0.25) is 0 Å². The Hall–Kier alpha value is -1.22. The molecule has 0 spiro atoms. The van der Waals surface area contributed by atoms with Crippen LogP contribution < -0.4 is 0 Å². The Morgan fingerprint density at radius 1 is 0.453 bits per heavy atom. The molecular formula is C38H68O13P2. The van der Waals surface area contributed by atoms with Crippen molar-refractivity contribution < 1.29 is 64.7 Å². The minimum Gasteiger partial charge on any atom is -0.395 e. The van der Waals surface area contributed by atoms with E-state index >= 15 is 0 Å². The van der Waals surface area contributed by atoms with E-state index in [-0.39, 0.29) is 21.7 Å². The summed E-state index contributed by atoms with van der Waals surface area (Å²) in [4.78, 5) is 31.3. The summed E-state index contributed by atoms with van der Waals surface area (Å²) >= 11 is 0. The lowest BCUT2D eigenvalue weighted by molar-refractivity contribution is -0.0861. The number of hydrogen-bond donors (Lipinski definition) is 12. The highest BCUT2D eigenvalue weighted by Gasteiger charge is 2.41. The standard InChI is InChI=1S/2C19H32O4.H4O5P2/c2*1-17(2,3)13-7-8-14(15(9-13)18(4,5)6)16(23)19(10-20,11-21)12-22;1-6(2)5-7(3)4/h2*7-9,16,20-23H,10-12H2,1-6H3;1-4H. The van der Waals surface area contributed by atoms with Crippen LogP contribution in [0.1, 0.15) is 129 Å². The van der Waals surface area contributed by atoms with Crippen molar-refractivity contribution in [3.63, 3.8) is 0 Å².